The number of benzene rings is 1. The third-order valence-corrected chi connectivity index (χ3v) is 3.27. The van der Waals surface area contributed by atoms with E-state index in [1.807, 2.05) is 20.8 Å². The predicted molar refractivity (Wildman–Crippen MR) is 76.3 cm³/mol. The summed E-state index contributed by atoms with van der Waals surface area (Å²) in [5, 5.41) is 3.37. The fourth-order valence-electron chi connectivity index (χ4n) is 2.49. The predicted octanol–water partition coefficient (Wildman–Crippen LogP) is 2.38. The zero-order valence-electron chi connectivity index (χ0n) is 11.4. The molecule has 2 unspecified atom stereocenters. The van der Waals surface area contributed by atoms with Crippen molar-refractivity contribution in [1.82, 2.24) is 10.2 Å². The van der Waals surface area contributed by atoms with E-state index in [0.717, 1.165) is 5.56 Å². The highest BCUT2D eigenvalue weighted by atomic mass is 35.5. The van der Waals surface area contributed by atoms with Crippen molar-refractivity contribution in [3.8, 4) is 0 Å². The maximum Gasteiger partial charge on any atom is 0.254 e. The fraction of sp³-hybridized carbons (Fsp3) is 0.500. The zero-order valence-corrected chi connectivity index (χ0v) is 12.3. The number of aryl methyl sites for hydroxylation is 1. The first-order chi connectivity index (χ1) is 8.47. The van der Waals surface area contributed by atoms with Crippen LogP contribution in [0.1, 0.15) is 29.8 Å². The van der Waals surface area contributed by atoms with Crippen LogP contribution in [-0.4, -0.2) is 36.0 Å². The second-order valence-corrected chi connectivity index (χ2v) is 5.14. The lowest BCUT2D eigenvalue weighted by Crippen LogP contribution is -2.55. The number of nitrogens with one attached hydrogen (secondary N) is 1. The van der Waals surface area contributed by atoms with Gasteiger partial charge in [0.25, 0.3) is 5.91 Å². The number of carbonyl (C=O) groups excluding carboxylic acids is 1. The summed E-state index contributed by atoms with van der Waals surface area (Å²) in [4.78, 5) is 14.2. The molecular weight excluding hydrogens is 267 g/mol. The number of rotatable bonds is 1. The van der Waals surface area contributed by atoms with Crippen LogP contribution in [0.3, 0.4) is 0 Å². The van der Waals surface area contributed by atoms with Crippen molar-refractivity contribution in [2.45, 2.75) is 32.9 Å². The quantitative estimate of drug-likeness (QED) is 0.860. The molecule has 2 atom stereocenters. The minimum atomic E-state index is -0.361. The van der Waals surface area contributed by atoms with Gasteiger partial charge in [0, 0.05) is 30.7 Å². The van der Waals surface area contributed by atoms with Crippen molar-refractivity contribution in [3.63, 3.8) is 0 Å². The van der Waals surface area contributed by atoms with Crippen molar-refractivity contribution in [2.75, 3.05) is 13.1 Å². The van der Waals surface area contributed by atoms with E-state index >= 15 is 0 Å². The topological polar surface area (TPSA) is 32.3 Å². The molecule has 1 aliphatic rings. The second kappa shape index (κ2) is 6.35. The Labute approximate surface area is 119 Å². The van der Waals surface area contributed by atoms with Gasteiger partial charge in [0.05, 0.1) is 0 Å². The SMILES string of the molecule is Cc1ccc(F)cc1C(=O)N1CC(C)NC(C)C1.Cl. The first kappa shape index (κ1) is 15.9. The van der Waals surface area contributed by atoms with E-state index < -0.39 is 0 Å². The van der Waals surface area contributed by atoms with Gasteiger partial charge in [-0.25, -0.2) is 4.39 Å². The Morgan fingerprint density at radius 1 is 1.32 bits per heavy atom. The number of hydrogen-bond donors (Lipinski definition) is 1. The normalized spacial score (nSPS) is 22.8. The smallest absolute Gasteiger partial charge is 0.254 e. The third kappa shape index (κ3) is 3.67. The molecule has 5 heteroatoms. The molecule has 0 aromatic heterocycles. The van der Waals surface area contributed by atoms with E-state index in [1.54, 1.807) is 11.0 Å². The molecule has 0 radical (unpaired) electrons. The van der Waals surface area contributed by atoms with Crippen LogP contribution in [0.15, 0.2) is 18.2 Å². The summed E-state index contributed by atoms with van der Waals surface area (Å²) in [7, 11) is 0. The second-order valence-electron chi connectivity index (χ2n) is 5.14. The summed E-state index contributed by atoms with van der Waals surface area (Å²) < 4.78 is 13.2. The molecule has 1 aliphatic heterocycles. The Kier molecular flexibility index (Phi) is 5.32. The summed E-state index contributed by atoms with van der Waals surface area (Å²) in [5.41, 5.74) is 1.29. The van der Waals surface area contributed by atoms with Crippen molar-refractivity contribution in [1.29, 1.82) is 0 Å². The van der Waals surface area contributed by atoms with Gasteiger partial charge in [-0.1, -0.05) is 6.07 Å². The molecule has 106 valence electrons. The molecular formula is C14H20ClFN2O. The molecule has 1 heterocycles. The van der Waals surface area contributed by atoms with Gasteiger partial charge in [0.2, 0.25) is 0 Å². The lowest BCUT2D eigenvalue weighted by molar-refractivity contribution is 0.0672. The van der Waals surface area contributed by atoms with Crippen LogP contribution in [-0.2, 0) is 0 Å². The van der Waals surface area contributed by atoms with Crippen molar-refractivity contribution < 1.29 is 9.18 Å². The Morgan fingerprint density at radius 3 is 2.47 bits per heavy atom. The van der Waals surface area contributed by atoms with Gasteiger partial charge in [-0.15, -0.1) is 12.4 Å². The van der Waals surface area contributed by atoms with Gasteiger partial charge in [-0.3, -0.25) is 4.79 Å². The van der Waals surface area contributed by atoms with E-state index in [-0.39, 0.29) is 36.2 Å². The van der Waals surface area contributed by atoms with Crippen molar-refractivity contribution in [2.24, 2.45) is 0 Å². The van der Waals surface area contributed by atoms with Crippen molar-refractivity contribution in [3.05, 3.63) is 35.1 Å². The van der Waals surface area contributed by atoms with E-state index in [1.165, 1.54) is 12.1 Å². The molecule has 2 rings (SSSR count). The summed E-state index contributed by atoms with van der Waals surface area (Å²) in [6.07, 6.45) is 0. The van der Waals surface area contributed by atoms with Crippen LogP contribution >= 0.6 is 12.4 Å². The molecule has 19 heavy (non-hydrogen) atoms. The summed E-state index contributed by atoms with van der Waals surface area (Å²) in [5.74, 6) is -0.438. The van der Waals surface area contributed by atoms with Gasteiger partial charge >= 0.3 is 0 Å². The first-order valence-electron chi connectivity index (χ1n) is 6.29. The van der Waals surface area contributed by atoms with Crippen LogP contribution in [0, 0.1) is 12.7 Å². The lowest BCUT2D eigenvalue weighted by atomic mass is 10.1. The maximum absolute atomic E-state index is 13.2. The Bertz CT molecular complexity index is 457. The number of piperazine rings is 1. The zero-order chi connectivity index (χ0) is 13.3. The number of hydrogen-bond acceptors (Lipinski definition) is 2. The number of nitrogens with zero attached hydrogens (tertiary/aromatic N) is 1. The minimum absolute atomic E-state index is 0. The summed E-state index contributed by atoms with van der Waals surface area (Å²) >= 11 is 0. The largest absolute Gasteiger partial charge is 0.336 e. The van der Waals surface area contributed by atoms with E-state index in [4.69, 9.17) is 0 Å². The molecule has 0 spiro atoms. The number of carbonyl (C=O) groups is 1. The minimum Gasteiger partial charge on any atom is -0.336 e. The highest BCUT2D eigenvalue weighted by molar-refractivity contribution is 5.95. The molecule has 1 aromatic carbocycles. The highest BCUT2D eigenvalue weighted by Gasteiger charge is 2.26. The van der Waals surface area contributed by atoms with Gasteiger partial charge in [-0.2, -0.15) is 0 Å². The summed E-state index contributed by atoms with van der Waals surface area (Å²) in [6, 6.07) is 4.90. The van der Waals surface area contributed by atoms with Crippen molar-refractivity contribution >= 4 is 18.3 Å². The van der Waals surface area contributed by atoms with Crippen LogP contribution in [0.2, 0.25) is 0 Å². The molecule has 0 bridgehead atoms. The van der Waals surface area contributed by atoms with E-state index in [0.29, 0.717) is 18.7 Å². The standard InChI is InChI=1S/C14H19FN2O.ClH/c1-9-4-5-12(15)6-13(9)14(18)17-7-10(2)16-11(3)8-17;/h4-6,10-11,16H,7-8H2,1-3H3;1H. The Morgan fingerprint density at radius 2 is 1.89 bits per heavy atom. The monoisotopic (exact) mass is 286 g/mol. The average molecular weight is 287 g/mol. The Hall–Kier alpha value is -1.13. The average Bonchev–Trinajstić information content (AvgIpc) is 2.30. The van der Waals surface area contributed by atoms with Crippen LogP contribution < -0.4 is 5.32 Å². The fourth-order valence-corrected chi connectivity index (χ4v) is 2.49. The number of halogens is 2. The molecule has 1 aromatic rings. The van der Waals surface area contributed by atoms with Gasteiger partial charge < -0.3 is 10.2 Å². The Balaban J connectivity index is 0.00000180. The molecule has 0 saturated carbocycles. The summed E-state index contributed by atoms with van der Waals surface area (Å²) in [6.45, 7) is 7.27. The molecule has 1 amide bonds. The highest BCUT2D eigenvalue weighted by Crippen LogP contribution is 2.15. The molecule has 1 N–H and O–H groups in total. The van der Waals surface area contributed by atoms with Crippen LogP contribution in [0.4, 0.5) is 4.39 Å². The van der Waals surface area contributed by atoms with Gasteiger partial charge in [-0.05, 0) is 38.5 Å². The van der Waals surface area contributed by atoms with E-state index in [9.17, 15) is 9.18 Å². The third-order valence-electron chi connectivity index (χ3n) is 3.27. The molecule has 3 nitrogen and oxygen atoms in total. The van der Waals surface area contributed by atoms with Crippen LogP contribution in [0.25, 0.3) is 0 Å². The number of amides is 1. The van der Waals surface area contributed by atoms with Gasteiger partial charge in [0.15, 0.2) is 0 Å². The molecule has 1 saturated heterocycles. The molecule has 1 fully saturated rings. The molecule has 0 aliphatic carbocycles. The van der Waals surface area contributed by atoms with Gasteiger partial charge in [0.1, 0.15) is 5.82 Å². The maximum atomic E-state index is 13.2. The van der Waals surface area contributed by atoms with E-state index in [2.05, 4.69) is 5.32 Å². The first-order valence-corrected chi connectivity index (χ1v) is 6.29. The lowest BCUT2D eigenvalue weighted by Gasteiger charge is -2.36. The van der Waals surface area contributed by atoms with Crippen LogP contribution in [0.5, 0.6) is 0 Å².